The molecule has 3 rings (SSSR count). The first-order valence-electron chi connectivity index (χ1n) is 11.0. The zero-order valence-electron chi connectivity index (χ0n) is 19.6. The Kier molecular flexibility index (Phi) is 8.82. The van der Waals surface area contributed by atoms with Gasteiger partial charge in [0, 0.05) is 12.3 Å². The lowest BCUT2D eigenvalue weighted by atomic mass is 10.1. The first-order valence-corrected chi connectivity index (χ1v) is 12.1. The number of rotatable bonds is 9. The Morgan fingerprint density at radius 3 is 2.36 bits per heavy atom. The Hall–Kier alpha value is -2.46. The van der Waals surface area contributed by atoms with E-state index in [1.54, 1.807) is 0 Å². The number of anilines is 3. The average molecular weight is 563 g/mol. The van der Waals surface area contributed by atoms with Crippen LogP contribution in [0.25, 0.3) is 0 Å². The summed E-state index contributed by atoms with van der Waals surface area (Å²) in [6.45, 7) is 5.53. The van der Waals surface area contributed by atoms with Gasteiger partial charge in [0.1, 0.15) is 21.9 Å². The van der Waals surface area contributed by atoms with E-state index in [4.69, 9.17) is 39.5 Å². The van der Waals surface area contributed by atoms with E-state index in [0.717, 1.165) is 12.1 Å². The van der Waals surface area contributed by atoms with Crippen LogP contribution in [0.15, 0.2) is 30.3 Å². The summed E-state index contributed by atoms with van der Waals surface area (Å²) < 4.78 is 33.6. The maximum absolute atomic E-state index is 15.0. The SMILES string of the molecule is CC(C)COC(C)C(=O)Nc1c(F)ccc(NC(=O)c2cc(NC(=O)C3CC3(Cl)Cl)ccc2Cl)c1F. The molecule has 12 heteroatoms. The van der Waals surface area contributed by atoms with E-state index in [1.807, 2.05) is 13.8 Å². The van der Waals surface area contributed by atoms with Gasteiger partial charge in [0.2, 0.25) is 5.91 Å². The molecule has 3 amide bonds. The normalized spacial score (nSPS) is 16.9. The molecule has 0 bridgehead atoms. The molecule has 1 saturated carbocycles. The van der Waals surface area contributed by atoms with Crippen LogP contribution in [0.2, 0.25) is 5.02 Å². The second kappa shape index (κ2) is 11.3. The molecule has 1 aliphatic rings. The summed E-state index contributed by atoms with van der Waals surface area (Å²) in [6, 6.07) is 6.04. The number of hydrogen-bond acceptors (Lipinski definition) is 4. The smallest absolute Gasteiger partial charge is 0.257 e. The zero-order valence-corrected chi connectivity index (χ0v) is 21.8. The second-order valence-electron chi connectivity index (χ2n) is 8.80. The van der Waals surface area contributed by atoms with Crippen molar-refractivity contribution in [3.8, 4) is 0 Å². The van der Waals surface area contributed by atoms with Gasteiger partial charge in [-0.3, -0.25) is 14.4 Å². The molecular formula is C24H24Cl3F2N3O4. The van der Waals surface area contributed by atoms with Crippen molar-refractivity contribution in [3.05, 3.63) is 52.6 Å². The third-order valence-corrected chi connectivity index (χ3v) is 6.42. The molecule has 2 atom stereocenters. The number of ether oxygens (including phenoxy) is 1. The summed E-state index contributed by atoms with van der Waals surface area (Å²) >= 11 is 17.9. The second-order valence-corrected chi connectivity index (χ2v) is 10.7. The van der Waals surface area contributed by atoms with Gasteiger partial charge < -0.3 is 20.7 Å². The highest BCUT2D eigenvalue weighted by molar-refractivity contribution is 6.52. The molecule has 1 aliphatic carbocycles. The fraction of sp³-hybridized carbons (Fsp3) is 0.375. The molecule has 2 aromatic rings. The number of benzene rings is 2. The summed E-state index contributed by atoms with van der Waals surface area (Å²) in [7, 11) is 0. The highest BCUT2D eigenvalue weighted by atomic mass is 35.5. The van der Waals surface area contributed by atoms with Crippen LogP contribution >= 0.6 is 34.8 Å². The average Bonchev–Trinajstić information content (AvgIpc) is 3.46. The molecule has 0 spiro atoms. The third kappa shape index (κ3) is 6.85. The Morgan fingerprint density at radius 2 is 1.75 bits per heavy atom. The number of carbonyl (C=O) groups is 3. The number of halogens is 5. The van der Waals surface area contributed by atoms with Crippen LogP contribution in [0.4, 0.5) is 25.8 Å². The van der Waals surface area contributed by atoms with E-state index in [2.05, 4.69) is 16.0 Å². The summed E-state index contributed by atoms with van der Waals surface area (Å²) in [5, 5.41) is 7.08. The third-order valence-electron chi connectivity index (χ3n) is 5.26. The predicted molar refractivity (Wildman–Crippen MR) is 136 cm³/mol. The molecule has 7 nitrogen and oxygen atoms in total. The lowest BCUT2D eigenvalue weighted by molar-refractivity contribution is -0.127. The fourth-order valence-corrected chi connectivity index (χ4v) is 3.80. The van der Waals surface area contributed by atoms with Crippen LogP contribution in [0.3, 0.4) is 0 Å². The highest BCUT2D eigenvalue weighted by Gasteiger charge is 2.56. The molecule has 36 heavy (non-hydrogen) atoms. The zero-order chi connectivity index (χ0) is 26.8. The molecular weight excluding hydrogens is 539 g/mol. The van der Waals surface area contributed by atoms with E-state index < -0.39 is 57.1 Å². The van der Waals surface area contributed by atoms with Crippen molar-refractivity contribution < 1.29 is 27.9 Å². The molecule has 0 saturated heterocycles. The number of amides is 3. The van der Waals surface area contributed by atoms with Gasteiger partial charge in [0.15, 0.2) is 5.82 Å². The van der Waals surface area contributed by atoms with Gasteiger partial charge in [-0.1, -0.05) is 25.4 Å². The van der Waals surface area contributed by atoms with Crippen molar-refractivity contribution in [2.75, 3.05) is 22.6 Å². The molecule has 0 radical (unpaired) electrons. The maximum Gasteiger partial charge on any atom is 0.257 e. The van der Waals surface area contributed by atoms with Gasteiger partial charge in [0.25, 0.3) is 11.8 Å². The topological polar surface area (TPSA) is 96.5 Å². The van der Waals surface area contributed by atoms with Gasteiger partial charge >= 0.3 is 0 Å². The molecule has 194 valence electrons. The lowest BCUT2D eigenvalue weighted by Gasteiger charge is -2.17. The minimum atomic E-state index is -1.19. The van der Waals surface area contributed by atoms with Crippen LogP contribution in [-0.4, -0.2) is 34.8 Å². The van der Waals surface area contributed by atoms with Gasteiger partial charge in [-0.2, -0.15) is 0 Å². The number of carbonyl (C=O) groups excluding carboxylic acids is 3. The van der Waals surface area contributed by atoms with Crippen molar-refractivity contribution >= 4 is 69.6 Å². The summed E-state index contributed by atoms with van der Waals surface area (Å²) in [5.41, 5.74) is -0.975. The van der Waals surface area contributed by atoms with Crippen LogP contribution in [0.1, 0.15) is 37.6 Å². The Labute approximate surface area is 221 Å². The Bertz CT molecular complexity index is 1190. The standard InChI is InChI=1S/C24H24Cl3F2N3O4/c1-11(2)10-36-12(3)21(33)32-20-17(28)6-7-18(19(20)29)31-22(34)14-8-13(4-5-16(14)25)30-23(35)15-9-24(15,26)27/h4-8,11-12,15H,9-10H2,1-3H3,(H,30,35)(H,31,34)(H,32,33). The van der Waals surface area contributed by atoms with E-state index in [1.165, 1.54) is 25.1 Å². The summed E-state index contributed by atoms with van der Waals surface area (Å²) in [4.78, 5) is 37.4. The molecule has 0 aliphatic heterocycles. The maximum atomic E-state index is 15.0. The molecule has 0 aromatic heterocycles. The molecule has 3 N–H and O–H groups in total. The van der Waals surface area contributed by atoms with Crippen molar-refractivity contribution in [1.29, 1.82) is 0 Å². The Balaban J connectivity index is 1.74. The van der Waals surface area contributed by atoms with Crippen molar-refractivity contribution in [2.45, 2.75) is 37.6 Å². The minimum absolute atomic E-state index is 0.0214. The highest BCUT2D eigenvalue weighted by Crippen LogP contribution is 2.53. The largest absolute Gasteiger partial charge is 0.368 e. The molecule has 2 aromatic carbocycles. The van der Waals surface area contributed by atoms with E-state index in [0.29, 0.717) is 6.42 Å². The summed E-state index contributed by atoms with van der Waals surface area (Å²) in [5.74, 6) is -4.66. The number of hydrogen-bond donors (Lipinski definition) is 3. The summed E-state index contributed by atoms with van der Waals surface area (Å²) in [6.07, 6.45) is -0.659. The molecule has 1 fully saturated rings. The lowest BCUT2D eigenvalue weighted by Crippen LogP contribution is -2.29. The monoisotopic (exact) mass is 561 g/mol. The number of nitrogens with one attached hydrogen (secondary N) is 3. The van der Waals surface area contributed by atoms with E-state index >= 15 is 4.39 Å². The van der Waals surface area contributed by atoms with Gasteiger partial charge in [0.05, 0.1) is 22.2 Å². The van der Waals surface area contributed by atoms with Crippen molar-refractivity contribution in [1.82, 2.24) is 0 Å². The van der Waals surface area contributed by atoms with E-state index in [-0.39, 0.29) is 28.8 Å². The predicted octanol–water partition coefficient (Wildman–Crippen LogP) is 6.00. The van der Waals surface area contributed by atoms with Crippen molar-refractivity contribution in [3.63, 3.8) is 0 Å². The van der Waals surface area contributed by atoms with Crippen LogP contribution in [-0.2, 0) is 14.3 Å². The van der Waals surface area contributed by atoms with Gasteiger partial charge in [-0.05, 0) is 49.6 Å². The van der Waals surface area contributed by atoms with Crippen LogP contribution in [0.5, 0.6) is 0 Å². The van der Waals surface area contributed by atoms with Gasteiger partial charge in [-0.25, -0.2) is 8.78 Å². The number of alkyl halides is 2. The fourth-order valence-electron chi connectivity index (χ4n) is 3.09. The van der Waals surface area contributed by atoms with Crippen LogP contribution < -0.4 is 16.0 Å². The minimum Gasteiger partial charge on any atom is -0.368 e. The molecule has 0 heterocycles. The van der Waals surface area contributed by atoms with Crippen LogP contribution in [0, 0.1) is 23.5 Å². The quantitative estimate of drug-likeness (QED) is 0.327. The first-order chi connectivity index (χ1) is 16.8. The molecule has 2 unspecified atom stereocenters. The van der Waals surface area contributed by atoms with Gasteiger partial charge in [-0.15, -0.1) is 23.2 Å². The first kappa shape index (κ1) is 28.1. The Morgan fingerprint density at radius 1 is 1.08 bits per heavy atom. The van der Waals surface area contributed by atoms with Crippen molar-refractivity contribution in [2.24, 2.45) is 11.8 Å². The van der Waals surface area contributed by atoms with E-state index in [9.17, 15) is 18.8 Å².